The molecule has 4 aromatic rings. The summed E-state index contributed by atoms with van der Waals surface area (Å²) in [5.74, 6) is 0.769. The molecule has 2 atom stereocenters. The van der Waals surface area contributed by atoms with E-state index in [1.165, 1.54) is 11.3 Å². The minimum Gasteiger partial charge on any atom is -0.439 e. The van der Waals surface area contributed by atoms with E-state index in [0.717, 1.165) is 25.7 Å². The molecule has 4 heterocycles. The van der Waals surface area contributed by atoms with Crippen molar-refractivity contribution >= 4 is 56.5 Å². The van der Waals surface area contributed by atoms with Crippen molar-refractivity contribution in [3.63, 3.8) is 0 Å². The number of benzene rings is 1. The van der Waals surface area contributed by atoms with Gasteiger partial charge < -0.3 is 20.7 Å². The molecule has 0 saturated heterocycles. The van der Waals surface area contributed by atoms with Gasteiger partial charge in [0.15, 0.2) is 0 Å². The van der Waals surface area contributed by atoms with Crippen LogP contribution in [0.1, 0.15) is 54.4 Å². The Kier molecular flexibility index (Phi) is 7.27. The van der Waals surface area contributed by atoms with E-state index in [1.54, 1.807) is 29.3 Å². The predicted octanol–water partition coefficient (Wildman–Crippen LogP) is 6.04. The third-order valence-electron chi connectivity index (χ3n) is 7.44. The summed E-state index contributed by atoms with van der Waals surface area (Å²) >= 11 is 1.24. The van der Waals surface area contributed by atoms with Gasteiger partial charge in [0, 0.05) is 30.8 Å². The van der Waals surface area contributed by atoms with Gasteiger partial charge in [0.2, 0.25) is 11.8 Å². The molecule has 41 heavy (non-hydrogen) atoms. The highest BCUT2D eigenvalue weighted by molar-refractivity contribution is 7.21. The number of urea groups is 1. The summed E-state index contributed by atoms with van der Waals surface area (Å²) in [7, 11) is 0. The lowest BCUT2D eigenvalue weighted by Crippen LogP contribution is -2.53. The Bertz CT molecular complexity index is 1640. The molecule has 0 unspecified atom stereocenters. The van der Waals surface area contributed by atoms with E-state index in [-0.39, 0.29) is 23.9 Å². The molecule has 3 N–H and O–H groups in total. The maximum atomic E-state index is 13.6. The topological polar surface area (TPSA) is 126 Å². The highest BCUT2D eigenvalue weighted by atomic mass is 32.1. The van der Waals surface area contributed by atoms with Crippen molar-refractivity contribution in [2.75, 3.05) is 10.2 Å². The summed E-state index contributed by atoms with van der Waals surface area (Å²) < 4.78 is 5.86. The van der Waals surface area contributed by atoms with Crippen molar-refractivity contribution in [3.05, 3.63) is 65.3 Å². The molecule has 0 radical (unpaired) electrons. The molecule has 3 aromatic heterocycles. The van der Waals surface area contributed by atoms with Crippen LogP contribution in [-0.2, 0) is 4.79 Å². The van der Waals surface area contributed by atoms with Gasteiger partial charge >= 0.3 is 6.03 Å². The van der Waals surface area contributed by atoms with Crippen LogP contribution in [-0.4, -0.2) is 39.9 Å². The molecule has 2 aliphatic rings. The number of hydrogen-bond acceptors (Lipinski definition) is 7. The Labute approximate surface area is 241 Å². The second-order valence-corrected chi connectivity index (χ2v) is 11.1. The van der Waals surface area contributed by atoms with E-state index in [2.05, 4.69) is 25.9 Å². The zero-order valence-corrected chi connectivity index (χ0v) is 23.6. The number of anilines is 3. The summed E-state index contributed by atoms with van der Waals surface area (Å²) in [4.78, 5) is 50.8. The van der Waals surface area contributed by atoms with Gasteiger partial charge in [-0.2, -0.15) is 0 Å². The maximum Gasteiger partial charge on any atom is 0.331 e. The SMILES string of the molecule is CCC(=O)N[C@H]1CCCC[C@H]1NC(=O)c1sc2nccc3c2c1NC(=O)N3c1ccc(Oc2ccccc2)nc1C. The number of para-hydroxylation sites is 1. The van der Waals surface area contributed by atoms with Gasteiger partial charge in [0.05, 0.1) is 28.1 Å². The number of hydrogen-bond donors (Lipinski definition) is 3. The molecular formula is C30H30N6O4S. The van der Waals surface area contributed by atoms with Crippen molar-refractivity contribution in [2.24, 2.45) is 0 Å². The van der Waals surface area contributed by atoms with E-state index in [4.69, 9.17) is 4.74 Å². The number of nitrogens with zero attached hydrogens (tertiary/aromatic N) is 3. The fourth-order valence-electron chi connectivity index (χ4n) is 5.44. The minimum absolute atomic E-state index is 0.0289. The highest BCUT2D eigenvalue weighted by Gasteiger charge is 2.35. The van der Waals surface area contributed by atoms with E-state index in [9.17, 15) is 14.4 Å². The normalized spacial score (nSPS) is 18.1. The number of nitrogens with one attached hydrogen (secondary N) is 3. The van der Waals surface area contributed by atoms with Gasteiger partial charge in [-0.05, 0) is 44.0 Å². The van der Waals surface area contributed by atoms with Crippen molar-refractivity contribution in [1.82, 2.24) is 20.6 Å². The number of aryl methyl sites for hydroxylation is 1. The second-order valence-electron chi connectivity index (χ2n) is 10.1. The Morgan fingerprint density at radius 3 is 2.54 bits per heavy atom. The molecule has 1 aliphatic heterocycles. The molecule has 0 spiro atoms. The number of rotatable bonds is 7. The van der Waals surface area contributed by atoms with Crippen molar-refractivity contribution < 1.29 is 19.1 Å². The lowest BCUT2D eigenvalue weighted by atomic mass is 9.90. The maximum absolute atomic E-state index is 13.6. The van der Waals surface area contributed by atoms with Crippen molar-refractivity contribution in [1.29, 1.82) is 0 Å². The number of amides is 4. The highest BCUT2D eigenvalue weighted by Crippen LogP contribution is 2.46. The monoisotopic (exact) mass is 570 g/mol. The first-order valence-corrected chi connectivity index (χ1v) is 14.6. The number of carbonyl (C=O) groups is 3. The largest absolute Gasteiger partial charge is 0.439 e. The molecule has 10 nitrogen and oxygen atoms in total. The Morgan fingerprint density at radius 1 is 1.05 bits per heavy atom. The molecule has 11 heteroatoms. The zero-order chi connectivity index (χ0) is 28.5. The number of aromatic nitrogens is 2. The number of thiophene rings is 1. The quantitative estimate of drug-likeness (QED) is 0.249. The predicted molar refractivity (Wildman–Crippen MR) is 158 cm³/mol. The summed E-state index contributed by atoms with van der Waals surface area (Å²) in [6.07, 6.45) is 5.60. The van der Waals surface area contributed by atoms with Gasteiger partial charge in [-0.1, -0.05) is 38.0 Å². The van der Waals surface area contributed by atoms with Gasteiger partial charge in [0.1, 0.15) is 15.5 Å². The number of carbonyl (C=O) groups excluding carboxylic acids is 3. The average molecular weight is 571 g/mol. The first-order valence-electron chi connectivity index (χ1n) is 13.8. The van der Waals surface area contributed by atoms with Crippen LogP contribution in [0.4, 0.5) is 21.9 Å². The van der Waals surface area contributed by atoms with E-state index >= 15 is 0 Å². The molecule has 1 aliphatic carbocycles. The Morgan fingerprint density at radius 2 is 1.80 bits per heavy atom. The standard InChI is InChI=1S/C30H30N6O4S/c1-3-23(37)33-19-11-7-8-12-20(19)34-28(38)27-26-25-22(15-16-31-29(25)41-27)36(30(39)35-26)21-13-14-24(32-17(21)2)40-18-9-5-4-6-10-18/h4-6,9-10,13-16,19-20H,3,7-8,11-12H2,1-2H3,(H,33,37)(H,34,38)(H,35,39)/t19-,20+/m0/s1. The molecule has 0 bridgehead atoms. The van der Waals surface area contributed by atoms with Crippen LogP contribution in [0.2, 0.25) is 0 Å². The van der Waals surface area contributed by atoms with Gasteiger partial charge in [-0.25, -0.2) is 14.8 Å². The van der Waals surface area contributed by atoms with Crippen LogP contribution in [0.25, 0.3) is 10.2 Å². The minimum atomic E-state index is -0.398. The summed E-state index contributed by atoms with van der Waals surface area (Å²) in [5, 5.41) is 9.82. The molecule has 1 saturated carbocycles. The number of pyridine rings is 2. The van der Waals surface area contributed by atoms with E-state index in [0.29, 0.717) is 55.9 Å². The molecule has 1 fully saturated rings. The summed E-state index contributed by atoms with van der Waals surface area (Å²) in [5.41, 5.74) is 2.27. The Hall–Kier alpha value is -4.51. The zero-order valence-electron chi connectivity index (χ0n) is 22.8. The van der Waals surface area contributed by atoms with Crippen LogP contribution >= 0.6 is 11.3 Å². The van der Waals surface area contributed by atoms with Crippen LogP contribution in [0.5, 0.6) is 11.6 Å². The lowest BCUT2D eigenvalue weighted by molar-refractivity contribution is -0.121. The summed E-state index contributed by atoms with van der Waals surface area (Å²) in [6, 6.07) is 14.0. The molecule has 4 amide bonds. The molecule has 210 valence electrons. The number of ether oxygens (including phenoxy) is 1. The summed E-state index contributed by atoms with van der Waals surface area (Å²) in [6.45, 7) is 3.63. The first kappa shape index (κ1) is 26.7. The smallest absolute Gasteiger partial charge is 0.331 e. The van der Waals surface area contributed by atoms with Gasteiger partial charge in [-0.3, -0.25) is 14.5 Å². The lowest BCUT2D eigenvalue weighted by Gasteiger charge is -2.33. The Balaban J connectivity index is 1.30. The third-order valence-corrected chi connectivity index (χ3v) is 8.54. The van der Waals surface area contributed by atoms with Crippen LogP contribution in [0.15, 0.2) is 54.7 Å². The average Bonchev–Trinajstić information content (AvgIpc) is 3.35. The van der Waals surface area contributed by atoms with Crippen molar-refractivity contribution in [3.8, 4) is 11.6 Å². The van der Waals surface area contributed by atoms with Crippen molar-refractivity contribution in [2.45, 2.75) is 58.0 Å². The van der Waals surface area contributed by atoms with Gasteiger partial charge in [-0.15, -0.1) is 11.3 Å². The van der Waals surface area contributed by atoms with Crippen LogP contribution in [0.3, 0.4) is 0 Å². The fourth-order valence-corrected chi connectivity index (χ4v) is 6.46. The van der Waals surface area contributed by atoms with Gasteiger partial charge in [0.25, 0.3) is 5.91 Å². The molecular weight excluding hydrogens is 540 g/mol. The van der Waals surface area contributed by atoms with Crippen LogP contribution < -0.4 is 25.6 Å². The fraction of sp³-hybridized carbons (Fsp3) is 0.300. The first-order chi connectivity index (χ1) is 19.9. The van der Waals surface area contributed by atoms with E-state index in [1.807, 2.05) is 44.2 Å². The third kappa shape index (κ3) is 5.20. The molecule has 1 aromatic carbocycles. The van der Waals surface area contributed by atoms with E-state index < -0.39 is 6.03 Å². The van der Waals surface area contributed by atoms with Crippen LogP contribution in [0, 0.1) is 6.92 Å². The second kappa shape index (κ2) is 11.2. The molecule has 6 rings (SSSR count).